The average Bonchev–Trinajstić information content (AvgIpc) is 3.13. The number of carbonyl (C=O) groups excluding carboxylic acids is 4. The highest BCUT2D eigenvalue weighted by molar-refractivity contribution is 5.76. The first-order valence-corrected chi connectivity index (χ1v) is 15.7. The smallest absolute Gasteiger partial charge is 0.397 e. The normalized spacial score (nSPS) is 14.2. The lowest BCUT2D eigenvalue weighted by Gasteiger charge is -2.35. The first-order valence-electron chi connectivity index (χ1n) is 15.7. The van der Waals surface area contributed by atoms with E-state index in [-0.39, 0.29) is 38.2 Å². The number of nitrogens with one attached hydrogen (secondary N) is 2. The van der Waals surface area contributed by atoms with E-state index in [0.717, 1.165) is 22.3 Å². The van der Waals surface area contributed by atoms with Crippen LogP contribution in [0.25, 0.3) is 0 Å². The van der Waals surface area contributed by atoms with Crippen LogP contribution in [0.2, 0.25) is 0 Å². The van der Waals surface area contributed by atoms with Gasteiger partial charge in [-0.15, -0.1) is 0 Å². The van der Waals surface area contributed by atoms with Gasteiger partial charge in [0.05, 0.1) is 0 Å². The number of hydrogen-bond donors (Lipinski definition) is 4. The molecule has 0 saturated carbocycles. The van der Waals surface area contributed by atoms with E-state index in [1.165, 1.54) is 9.80 Å². The van der Waals surface area contributed by atoms with Crippen molar-refractivity contribution in [3.63, 3.8) is 0 Å². The highest BCUT2D eigenvalue weighted by Gasteiger charge is 2.30. The fourth-order valence-corrected chi connectivity index (χ4v) is 4.92. The topological polar surface area (TPSA) is 176 Å². The zero-order valence-electron chi connectivity index (χ0n) is 27.1. The molecule has 6 amide bonds. The Hall–Kier alpha value is -5.44. The van der Waals surface area contributed by atoms with Crippen LogP contribution in [0.15, 0.2) is 48.5 Å². The van der Waals surface area contributed by atoms with Gasteiger partial charge in [0.1, 0.15) is 0 Å². The number of carbonyl (C=O) groups is 4. The standard InChI is InChI=1S/C34H42N8O6/c1-2-3-4-5-30(47-33(45)41-18-14-39(15-19-41)31(43)37-24-28-10-6-26(22-35)7-11-28)48-34(46)42-20-16-40(17-21-42)32(44)38-25-29-12-8-27(23-36)9-13-29/h6-13,30H,14-25,35-36H2,1H3,(H,37,43)(H,38,44). The molecule has 0 spiro atoms. The molecule has 2 aromatic carbocycles. The molecule has 2 fully saturated rings. The minimum Gasteiger partial charge on any atom is -0.397 e. The SMILES string of the molecule is CC#CC#CC(OC(=O)N1CCN(C(=O)NCc2ccc(CN)cc2)CC1)OC(=O)N1CCN(C(=O)NCc2ccc(CN)cc2)CC1. The molecule has 4 rings (SSSR count). The van der Waals surface area contributed by atoms with Crippen molar-refractivity contribution in [3.05, 3.63) is 70.8 Å². The summed E-state index contributed by atoms with van der Waals surface area (Å²) in [7, 11) is 0. The Balaban J connectivity index is 1.20. The predicted octanol–water partition coefficient (Wildman–Crippen LogP) is 1.58. The van der Waals surface area contributed by atoms with E-state index >= 15 is 0 Å². The summed E-state index contributed by atoms with van der Waals surface area (Å²) in [4.78, 5) is 57.4. The Morgan fingerprint density at radius 2 is 0.979 bits per heavy atom. The molecule has 2 saturated heterocycles. The molecular formula is C34H42N8O6. The maximum Gasteiger partial charge on any atom is 0.413 e. The minimum atomic E-state index is -1.50. The number of nitrogens with zero attached hydrogens (tertiary/aromatic N) is 4. The average molecular weight is 659 g/mol. The molecule has 0 atom stereocenters. The number of urea groups is 2. The van der Waals surface area contributed by atoms with E-state index in [1.54, 1.807) is 16.7 Å². The highest BCUT2D eigenvalue weighted by atomic mass is 16.7. The molecule has 14 nitrogen and oxygen atoms in total. The van der Waals surface area contributed by atoms with Gasteiger partial charge in [0.2, 0.25) is 0 Å². The van der Waals surface area contributed by atoms with Crippen molar-refractivity contribution in [2.24, 2.45) is 11.5 Å². The van der Waals surface area contributed by atoms with E-state index in [0.29, 0.717) is 52.4 Å². The molecular weight excluding hydrogens is 616 g/mol. The molecule has 0 unspecified atom stereocenters. The summed E-state index contributed by atoms with van der Waals surface area (Å²) in [6, 6.07) is 14.9. The number of ether oxygens (including phenoxy) is 2. The zero-order chi connectivity index (χ0) is 34.3. The number of rotatable bonds is 8. The number of piperazine rings is 2. The molecule has 2 aromatic rings. The van der Waals surface area contributed by atoms with E-state index in [4.69, 9.17) is 20.9 Å². The molecule has 0 aliphatic carbocycles. The van der Waals surface area contributed by atoms with Crippen LogP contribution in [0.1, 0.15) is 29.2 Å². The first-order chi connectivity index (χ1) is 23.3. The van der Waals surface area contributed by atoms with Gasteiger partial charge in [-0.2, -0.15) is 0 Å². The molecule has 14 heteroatoms. The van der Waals surface area contributed by atoms with Crippen molar-refractivity contribution in [1.29, 1.82) is 0 Å². The quantitative estimate of drug-likeness (QED) is 0.244. The largest absolute Gasteiger partial charge is 0.413 e. The maximum absolute atomic E-state index is 13.0. The van der Waals surface area contributed by atoms with Crippen molar-refractivity contribution in [1.82, 2.24) is 30.2 Å². The third-order valence-corrected chi connectivity index (χ3v) is 7.85. The van der Waals surface area contributed by atoms with E-state index in [9.17, 15) is 19.2 Å². The van der Waals surface area contributed by atoms with Gasteiger partial charge in [-0.3, -0.25) is 0 Å². The van der Waals surface area contributed by atoms with Gasteiger partial charge in [0, 0.05) is 78.5 Å². The second-order valence-corrected chi connectivity index (χ2v) is 11.1. The van der Waals surface area contributed by atoms with Crippen LogP contribution in [0.5, 0.6) is 0 Å². The fourth-order valence-electron chi connectivity index (χ4n) is 4.92. The van der Waals surface area contributed by atoms with Crippen LogP contribution in [0, 0.1) is 23.7 Å². The van der Waals surface area contributed by atoms with Gasteiger partial charge in [-0.25, -0.2) is 19.2 Å². The molecule has 2 aliphatic heterocycles. The minimum absolute atomic E-state index is 0.226. The molecule has 48 heavy (non-hydrogen) atoms. The molecule has 0 aromatic heterocycles. The van der Waals surface area contributed by atoms with Crippen LogP contribution in [0.4, 0.5) is 19.2 Å². The fraction of sp³-hybridized carbons (Fsp3) is 0.412. The lowest BCUT2D eigenvalue weighted by Crippen LogP contribution is -2.54. The summed E-state index contributed by atoms with van der Waals surface area (Å²) in [5.41, 5.74) is 15.2. The van der Waals surface area contributed by atoms with E-state index in [1.807, 2.05) is 48.5 Å². The van der Waals surface area contributed by atoms with Gasteiger partial charge in [-0.05, 0) is 46.9 Å². The lowest BCUT2D eigenvalue weighted by molar-refractivity contribution is -0.0512. The van der Waals surface area contributed by atoms with Gasteiger partial charge in [0.15, 0.2) is 0 Å². The van der Waals surface area contributed by atoms with Crippen LogP contribution < -0.4 is 22.1 Å². The van der Waals surface area contributed by atoms with Gasteiger partial charge in [0.25, 0.3) is 0 Å². The van der Waals surface area contributed by atoms with Gasteiger partial charge >= 0.3 is 30.5 Å². The first kappa shape index (κ1) is 35.4. The van der Waals surface area contributed by atoms with Crippen molar-refractivity contribution in [2.75, 3.05) is 52.4 Å². The third kappa shape index (κ3) is 10.6. The molecule has 0 radical (unpaired) electrons. The summed E-state index contributed by atoms with van der Waals surface area (Å²) < 4.78 is 10.9. The Labute approximate surface area is 280 Å². The molecule has 2 aliphatic rings. The summed E-state index contributed by atoms with van der Waals surface area (Å²) in [5.74, 6) is 10.3. The van der Waals surface area contributed by atoms with Crippen LogP contribution >= 0.6 is 0 Å². The summed E-state index contributed by atoms with van der Waals surface area (Å²) >= 11 is 0. The summed E-state index contributed by atoms with van der Waals surface area (Å²) in [6.45, 7) is 5.32. The van der Waals surface area contributed by atoms with Crippen LogP contribution in [-0.2, 0) is 35.7 Å². The number of hydrogen-bond acceptors (Lipinski definition) is 8. The Kier molecular flexibility index (Phi) is 13.3. The predicted molar refractivity (Wildman–Crippen MR) is 177 cm³/mol. The van der Waals surface area contributed by atoms with Crippen LogP contribution in [-0.4, -0.2) is 102 Å². The second-order valence-electron chi connectivity index (χ2n) is 11.1. The molecule has 6 N–H and O–H groups in total. The lowest BCUT2D eigenvalue weighted by atomic mass is 10.1. The Morgan fingerprint density at radius 1 is 0.625 bits per heavy atom. The van der Waals surface area contributed by atoms with Crippen molar-refractivity contribution in [2.45, 2.75) is 39.4 Å². The highest BCUT2D eigenvalue weighted by Crippen LogP contribution is 2.11. The summed E-state index contributed by atoms with van der Waals surface area (Å²) in [6.07, 6.45) is -2.96. The Morgan fingerprint density at radius 3 is 1.33 bits per heavy atom. The number of nitrogens with two attached hydrogens (primary N) is 2. The second kappa shape index (κ2) is 18.0. The van der Waals surface area contributed by atoms with Crippen molar-refractivity contribution in [3.8, 4) is 23.7 Å². The summed E-state index contributed by atoms with van der Waals surface area (Å²) in [5, 5.41) is 5.78. The molecule has 2 heterocycles. The molecule has 254 valence electrons. The monoisotopic (exact) mass is 658 g/mol. The van der Waals surface area contributed by atoms with E-state index < -0.39 is 18.5 Å². The third-order valence-electron chi connectivity index (χ3n) is 7.85. The van der Waals surface area contributed by atoms with Gasteiger partial charge < -0.3 is 51.2 Å². The maximum atomic E-state index is 13.0. The van der Waals surface area contributed by atoms with Crippen LogP contribution in [0.3, 0.4) is 0 Å². The van der Waals surface area contributed by atoms with Gasteiger partial charge in [-0.1, -0.05) is 54.5 Å². The van der Waals surface area contributed by atoms with Crippen molar-refractivity contribution >= 4 is 24.2 Å². The number of amides is 6. The molecule has 0 bridgehead atoms. The zero-order valence-corrected chi connectivity index (χ0v) is 27.1. The Bertz CT molecular complexity index is 1430. The number of benzene rings is 2. The van der Waals surface area contributed by atoms with E-state index in [2.05, 4.69) is 34.3 Å². The van der Waals surface area contributed by atoms with Crippen molar-refractivity contribution < 1.29 is 28.7 Å².